The number of hydrogen-bond acceptors (Lipinski definition) is 6. The summed E-state index contributed by atoms with van der Waals surface area (Å²) < 4.78 is 4.93. The Hall–Kier alpha value is -3.03. The van der Waals surface area contributed by atoms with Crippen LogP contribution in [0, 0.1) is 0 Å². The molecule has 1 amide bonds. The fourth-order valence-electron chi connectivity index (χ4n) is 1.54. The molecule has 0 fully saturated rings. The molecule has 1 aromatic carbocycles. The SMILES string of the molecule is CN(C)N=Nc1c(C(N)=O)noc1C(=O)c1ccccc1. The number of ketones is 1. The summed E-state index contributed by atoms with van der Waals surface area (Å²) in [5.74, 6) is -1.48. The highest BCUT2D eigenvalue weighted by Crippen LogP contribution is 2.27. The van der Waals surface area contributed by atoms with Crippen molar-refractivity contribution in [2.75, 3.05) is 14.1 Å². The smallest absolute Gasteiger partial charge is 0.273 e. The summed E-state index contributed by atoms with van der Waals surface area (Å²) in [6.07, 6.45) is 0. The van der Waals surface area contributed by atoms with Crippen molar-refractivity contribution >= 4 is 17.4 Å². The predicted octanol–water partition coefficient (Wildman–Crippen LogP) is 1.56. The molecule has 0 saturated heterocycles. The summed E-state index contributed by atoms with van der Waals surface area (Å²) in [6.45, 7) is 0. The van der Waals surface area contributed by atoms with Crippen molar-refractivity contribution in [3.63, 3.8) is 0 Å². The van der Waals surface area contributed by atoms with E-state index in [9.17, 15) is 9.59 Å². The maximum absolute atomic E-state index is 12.3. The van der Waals surface area contributed by atoms with Crippen molar-refractivity contribution in [1.29, 1.82) is 0 Å². The Morgan fingerprint density at radius 2 is 1.90 bits per heavy atom. The highest BCUT2D eigenvalue weighted by Gasteiger charge is 2.26. The van der Waals surface area contributed by atoms with Crippen LogP contribution in [0.1, 0.15) is 26.6 Å². The summed E-state index contributed by atoms with van der Waals surface area (Å²) in [5, 5.41) is 12.4. The van der Waals surface area contributed by atoms with Gasteiger partial charge in [-0.2, -0.15) is 0 Å². The van der Waals surface area contributed by atoms with Crippen molar-refractivity contribution in [1.82, 2.24) is 10.2 Å². The number of benzene rings is 1. The number of nitrogens with two attached hydrogens (primary N) is 1. The van der Waals surface area contributed by atoms with Gasteiger partial charge in [0.2, 0.25) is 11.5 Å². The molecule has 0 bridgehead atoms. The van der Waals surface area contributed by atoms with Gasteiger partial charge in [0.1, 0.15) is 0 Å². The fourth-order valence-corrected chi connectivity index (χ4v) is 1.54. The van der Waals surface area contributed by atoms with Gasteiger partial charge in [-0.3, -0.25) is 14.6 Å². The highest BCUT2D eigenvalue weighted by molar-refractivity contribution is 6.12. The summed E-state index contributed by atoms with van der Waals surface area (Å²) in [4.78, 5) is 23.7. The molecule has 2 N–H and O–H groups in total. The van der Waals surface area contributed by atoms with Crippen LogP contribution in [0.3, 0.4) is 0 Å². The van der Waals surface area contributed by atoms with Crippen molar-refractivity contribution in [2.45, 2.75) is 0 Å². The van der Waals surface area contributed by atoms with Gasteiger partial charge in [-0.15, -0.1) is 5.11 Å². The Bertz CT molecular complexity index is 691. The monoisotopic (exact) mass is 287 g/mol. The second kappa shape index (κ2) is 5.95. The van der Waals surface area contributed by atoms with Crippen LogP contribution in [0.5, 0.6) is 0 Å². The normalized spacial score (nSPS) is 10.8. The summed E-state index contributed by atoms with van der Waals surface area (Å²) in [7, 11) is 3.28. The molecule has 2 rings (SSSR count). The Balaban J connectivity index is 2.49. The van der Waals surface area contributed by atoms with Crippen LogP contribution < -0.4 is 5.73 Å². The van der Waals surface area contributed by atoms with E-state index in [2.05, 4.69) is 15.5 Å². The first-order valence-corrected chi connectivity index (χ1v) is 5.99. The van der Waals surface area contributed by atoms with Crippen molar-refractivity contribution < 1.29 is 14.1 Å². The Morgan fingerprint density at radius 1 is 1.24 bits per heavy atom. The Kier molecular flexibility index (Phi) is 4.07. The molecule has 1 aromatic heterocycles. The average Bonchev–Trinajstić information content (AvgIpc) is 2.89. The third-order valence-corrected chi connectivity index (χ3v) is 2.47. The van der Waals surface area contributed by atoms with Gasteiger partial charge < -0.3 is 10.3 Å². The highest BCUT2D eigenvalue weighted by atomic mass is 16.5. The average molecular weight is 287 g/mol. The van der Waals surface area contributed by atoms with E-state index in [4.69, 9.17) is 10.3 Å². The first-order valence-electron chi connectivity index (χ1n) is 5.99. The van der Waals surface area contributed by atoms with E-state index < -0.39 is 11.7 Å². The minimum Gasteiger partial charge on any atom is -0.364 e. The van der Waals surface area contributed by atoms with Gasteiger partial charge in [-0.05, 0) is 0 Å². The van der Waals surface area contributed by atoms with Crippen LogP contribution in [-0.2, 0) is 0 Å². The van der Waals surface area contributed by atoms with Crippen molar-refractivity contribution in [2.24, 2.45) is 16.1 Å². The molecule has 0 atom stereocenters. The predicted molar refractivity (Wildman–Crippen MR) is 73.1 cm³/mol. The number of hydrogen-bond donors (Lipinski definition) is 1. The molecular formula is C13H13N5O3. The Morgan fingerprint density at radius 3 is 2.48 bits per heavy atom. The van der Waals surface area contributed by atoms with Crippen molar-refractivity contribution in [3.05, 3.63) is 47.3 Å². The van der Waals surface area contributed by atoms with Gasteiger partial charge in [0, 0.05) is 19.7 Å². The topological polar surface area (TPSA) is 114 Å². The molecule has 0 unspecified atom stereocenters. The van der Waals surface area contributed by atoms with E-state index in [0.717, 1.165) is 0 Å². The molecule has 8 nitrogen and oxygen atoms in total. The van der Waals surface area contributed by atoms with Crippen LogP contribution in [0.4, 0.5) is 5.69 Å². The van der Waals surface area contributed by atoms with Crippen LogP contribution in [0.15, 0.2) is 45.2 Å². The second-order valence-corrected chi connectivity index (χ2v) is 4.30. The van der Waals surface area contributed by atoms with E-state index in [0.29, 0.717) is 5.56 Å². The molecule has 0 saturated carbocycles. The molecule has 0 aliphatic heterocycles. The number of carbonyl (C=O) groups excluding carboxylic acids is 2. The van der Waals surface area contributed by atoms with E-state index >= 15 is 0 Å². The van der Waals surface area contributed by atoms with Crippen LogP contribution >= 0.6 is 0 Å². The minimum atomic E-state index is -0.849. The molecular weight excluding hydrogens is 274 g/mol. The van der Waals surface area contributed by atoms with E-state index in [1.165, 1.54) is 5.01 Å². The van der Waals surface area contributed by atoms with Gasteiger partial charge in [0.05, 0.1) is 0 Å². The third kappa shape index (κ3) is 3.11. The summed E-state index contributed by atoms with van der Waals surface area (Å²) in [6, 6.07) is 8.42. The van der Waals surface area contributed by atoms with Gasteiger partial charge in [-0.1, -0.05) is 40.7 Å². The van der Waals surface area contributed by atoms with Crippen molar-refractivity contribution in [3.8, 4) is 0 Å². The van der Waals surface area contributed by atoms with Gasteiger partial charge in [0.15, 0.2) is 11.4 Å². The standard InChI is InChI=1S/C13H13N5O3/c1-18(2)17-15-9-10(13(14)20)16-21-12(9)11(19)8-6-4-3-5-7-8/h3-7H,1-2H3,(H2,14,20). The van der Waals surface area contributed by atoms with Gasteiger partial charge in [0.25, 0.3) is 5.91 Å². The Labute approximate surface area is 120 Å². The quantitative estimate of drug-likeness (QED) is 0.509. The lowest BCUT2D eigenvalue weighted by Crippen LogP contribution is -2.12. The van der Waals surface area contributed by atoms with Crippen LogP contribution in [-0.4, -0.2) is 36.0 Å². The summed E-state index contributed by atoms with van der Waals surface area (Å²) in [5.41, 5.74) is 5.25. The lowest BCUT2D eigenvalue weighted by molar-refractivity contribution is 0.0979. The first kappa shape index (κ1) is 14.4. The number of aromatic nitrogens is 1. The first-order chi connectivity index (χ1) is 10.0. The minimum absolute atomic E-state index is 0.0787. The fraction of sp³-hybridized carbons (Fsp3) is 0.154. The lowest BCUT2D eigenvalue weighted by atomic mass is 10.1. The molecule has 108 valence electrons. The van der Waals surface area contributed by atoms with E-state index in [1.807, 2.05) is 0 Å². The van der Waals surface area contributed by atoms with Crippen LogP contribution in [0.2, 0.25) is 0 Å². The van der Waals surface area contributed by atoms with Gasteiger partial charge >= 0.3 is 0 Å². The number of nitrogens with zero attached hydrogens (tertiary/aromatic N) is 4. The molecule has 21 heavy (non-hydrogen) atoms. The zero-order valence-corrected chi connectivity index (χ0v) is 11.5. The zero-order valence-electron chi connectivity index (χ0n) is 11.5. The van der Waals surface area contributed by atoms with E-state index in [-0.39, 0.29) is 17.1 Å². The molecule has 0 radical (unpaired) electrons. The number of carbonyl (C=O) groups is 2. The van der Waals surface area contributed by atoms with Gasteiger partial charge in [-0.25, -0.2) is 0 Å². The van der Waals surface area contributed by atoms with E-state index in [1.54, 1.807) is 44.4 Å². The van der Waals surface area contributed by atoms with Crippen LogP contribution in [0.25, 0.3) is 0 Å². The zero-order chi connectivity index (χ0) is 15.4. The number of rotatable bonds is 5. The maximum Gasteiger partial charge on any atom is 0.273 e. The molecule has 0 spiro atoms. The third-order valence-electron chi connectivity index (χ3n) is 2.47. The maximum atomic E-state index is 12.3. The molecule has 8 heteroatoms. The molecule has 0 aliphatic rings. The largest absolute Gasteiger partial charge is 0.364 e. The molecule has 1 heterocycles. The molecule has 2 aromatic rings. The second-order valence-electron chi connectivity index (χ2n) is 4.30. The summed E-state index contributed by atoms with van der Waals surface area (Å²) >= 11 is 0. The lowest BCUT2D eigenvalue weighted by Gasteiger charge is -2.01. The number of primary amides is 1. The molecule has 0 aliphatic carbocycles. The number of amides is 1.